The van der Waals surface area contributed by atoms with Crippen molar-refractivity contribution in [2.75, 3.05) is 19.7 Å². The summed E-state index contributed by atoms with van der Waals surface area (Å²) in [6.07, 6.45) is 7.83. The Morgan fingerprint density at radius 1 is 1.13 bits per heavy atom. The molecule has 4 aliphatic rings. The summed E-state index contributed by atoms with van der Waals surface area (Å²) in [6, 6.07) is 9.35. The third kappa shape index (κ3) is 3.90. The molecule has 1 amide bonds. The SMILES string of the molecule is CC1CCN(C(=O)c2cn(C[C@@H]3CCCO3)cc3c(=O)n(-c4ccccc4)nc2-3)CC1. The van der Waals surface area contributed by atoms with Crippen LogP contribution in [0.2, 0.25) is 0 Å². The summed E-state index contributed by atoms with van der Waals surface area (Å²) in [5.41, 5.74) is 1.93. The molecular weight excluding hydrogens is 392 g/mol. The van der Waals surface area contributed by atoms with Crippen LogP contribution in [0.25, 0.3) is 16.9 Å². The molecule has 2 saturated heterocycles. The van der Waals surface area contributed by atoms with Crippen molar-refractivity contribution in [1.29, 1.82) is 0 Å². The van der Waals surface area contributed by atoms with Gasteiger partial charge in [0, 0.05) is 38.6 Å². The highest BCUT2D eigenvalue weighted by atomic mass is 16.5. The number of hydrogen-bond donors (Lipinski definition) is 0. The molecule has 5 rings (SSSR count). The lowest BCUT2D eigenvalue weighted by Gasteiger charge is -2.30. The number of carbonyl (C=O) groups excluding carboxylic acids is 1. The number of hydrogen-bond acceptors (Lipinski definition) is 4. The van der Waals surface area contributed by atoms with E-state index in [-0.39, 0.29) is 17.6 Å². The second-order valence-electron chi connectivity index (χ2n) is 8.79. The van der Waals surface area contributed by atoms with E-state index in [2.05, 4.69) is 12.0 Å². The van der Waals surface area contributed by atoms with Gasteiger partial charge >= 0.3 is 0 Å². The largest absolute Gasteiger partial charge is 0.376 e. The van der Waals surface area contributed by atoms with Crippen LogP contribution in [0, 0.1) is 5.92 Å². The smallest absolute Gasteiger partial charge is 0.282 e. The zero-order chi connectivity index (χ0) is 21.4. The summed E-state index contributed by atoms with van der Waals surface area (Å²) in [5.74, 6) is 0.589. The average Bonchev–Trinajstić information content (AvgIpc) is 3.42. The van der Waals surface area contributed by atoms with E-state index in [1.54, 1.807) is 0 Å². The molecule has 0 radical (unpaired) electrons. The van der Waals surface area contributed by atoms with Crippen LogP contribution < -0.4 is 5.56 Å². The molecule has 7 nitrogen and oxygen atoms in total. The third-order valence-corrected chi connectivity index (χ3v) is 6.46. The van der Waals surface area contributed by atoms with E-state index in [1.165, 1.54) is 4.68 Å². The topological polar surface area (TPSA) is 69.4 Å². The molecule has 0 saturated carbocycles. The first-order valence-corrected chi connectivity index (χ1v) is 11.2. The molecule has 0 bridgehead atoms. The molecule has 4 heterocycles. The summed E-state index contributed by atoms with van der Waals surface area (Å²) < 4.78 is 9.13. The van der Waals surface area contributed by atoms with Gasteiger partial charge in [0.05, 0.1) is 22.9 Å². The van der Waals surface area contributed by atoms with Crippen LogP contribution in [0.4, 0.5) is 0 Å². The predicted molar refractivity (Wildman–Crippen MR) is 118 cm³/mol. The Hall–Kier alpha value is -2.93. The van der Waals surface area contributed by atoms with Crippen molar-refractivity contribution in [3.63, 3.8) is 0 Å². The standard InChI is InChI=1S/C24H28N4O3/c1-17-9-11-27(12-10-17)23(29)20-15-26(14-19-8-5-13-31-19)16-21-22(20)25-28(24(21)30)18-6-3-2-4-7-18/h2-4,6-7,15-17,19H,5,8-14H2,1H3/t19-/m0/s1. The normalized spacial score (nSPS) is 19.9. The summed E-state index contributed by atoms with van der Waals surface area (Å²) in [7, 11) is 0. The van der Waals surface area contributed by atoms with Gasteiger partial charge in [-0.2, -0.15) is 9.78 Å². The van der Waals surface area contributed by atoms with Crippen LogP contribution in [0.3, 0.4) is 0 Å². The molecule has 0 N–H and O–H groups in total. The van der Waals surface area contributed by atoms with E-state index in [0.717, 1.165) is 45.4 Å². The number of para-hydroxylation sites is 1. The number of carbonyl (C=O) groups is 1. The number of fused-ring (bicyclic) bond motifs is 1. The number of pyridine rings is 1. The maximum Gasteiger partial charge on any atom is 0.282 e. The Morgan fingerprint density at radius 3 is 2.61 bits per heavy atom. The van der Waals surface area contributed by atoms with E-state index in [0.29, 0.717) is 35.0 Å². The lowest BCUT2D eigenvalue weighted by molar-refractivity contribution is 0.0694. The van der Waals surface area contributed by atoms with Gasteiger partial charge in [0.2, 0.25) is 0 Å². The van der Waals surface area contributed by atoms with Crippen LogP contribution in [0.1, 0.15) is 43.0 Å². The summed E-state index contributed by atoms with van der Waals surface area (Å²) in [5, 5.41) is 4.60. The number of nitrogens with zero attached hydrogens (tertiary/aromatic N) is 4. The maximum absolute atomic E-state index is 13.5. The summed E-state index contributed by atoms with van der Waals surface area (Å²) in [4.78, 5) is 28.6. The minimum absolute atomic E-state index is 0.0451. The molecule has 0 aliphatic carbocycles. The van der Waals surface area contributed by atoms with Gasteiger partial charge in [0.25, 0.3) is 11.5 Å². The maximum atomic E-state index is 13.5. The minimum Gasteiger partial charge on any atom is -0.376 e. The van der Waals surface area contributed by atoms with Gasteiger partial charge in [-0.3, -0.25) is 9.59 Å². The highest BCUT2D eigenvalue weighted by molar-refractivity contribution is 6.00. The van der Waals surface area contributed by atoms with Gasteiger partial charge in [0.15, 0.2) is 0 Å². The fraction of sp³-hybridized carbons (Fsp3) is 0.458. The van der Waals surface area contributed by atoms with Crippen molar-refractivity contribution >= 4 is 5.91 Å². The van der Waals surface area contributed by atoms with Gasteiger partial charge in [-0.25, -0.2) is 0 Å². The Balaban J connectivity index is 1.59. The Morgan fingerprint density at radius 2 is 1.90 bits per heavy atom. The molecule has 1 aromatic rings. The predicted octanol–water partition coefficient (Wildman–Crippen LogP) is 3.19. The van der Waals surface area contributed by atoms with Crippen LogP contribution in [-0.4, -0.2) is 51.0 Å². The molecule has 0 aromatic heterocycles. The highest BCUT2D eigenvalue weighted by Crippen LogP contribution is 2.26. The number of likely N-dealkylation sites (tertiary alicyclic amines) is 1. The number of benzene rings is 1. The quantitative estimate of drug-likeness (QED) is 0.650. The zero-order valence-corrected chi connectivity index (χ0v) is 17.9. The zero-order valence-electron chi connectivity index (χ0n) is 17.9. The number of ether oxygens (including phenoxy) is 1. The third-order valence-electron chi connectivity index (χ3n) is 6.46. The Labute approximate surface area is 181 Å². The van der Waals surface area contributed by atoms with Crippen LogP contribution in [-0.2, 0) is 11.3 Å². The molecular formula is C24H28N4O3. The van der Waals surface area contributed by atoms with Gasteiger partial charge in [-0.1, -0.05) is 25.1 Å². The van der Waals surface area contributed by atoms with Crippen LogP contribution in [0.5, 0.6) is 0 Å². The van der Waals surface area contributed by atoms with Crippen molar-refractivity contribution in [3.8, 4) is 16.9 Å². The van der Waals surface area contributed by atoms with E-state index >= 15 is 0 Å². The van der Waals surface area contributed by atoms with E-state index in [4.69, 9.17) is 4.74 Å². The number of aromatic nitrogens is 3. The van der Waals surface area contributed by atoms with E-state index in [9.17, 15) is 9.59 Å². The number of rotatable bonds is 4. The molecule has 0 spiro atoms. The fourth-order valence-corrected chi connectivity index (χ4v) is 4.57. The average molecular weight is 421 g/mol. The van der Waals surface area contributed by atoms with Crippen LogP contribution >= 0.6 is 0 Å². The minimum atomic E-state index is -0.204. The molecule has 4 aliphatic heterocycles. The molecule has 0 unspecified atom stereocenters. The van der Waals surface area contributed by atoms with Crippen molar-refractivity contribution in [1.82, 2.24) is 19.2 Å². The van der Waals surface area contributed by atoms with Crippen molar-refractivity contribution in [3.05, 3.63) is 58.6 Å². The fourth-order valence-electron chi connectivity index (χ4n) is 4.57. The molecule has 2 fully saturated rings. The molecule has 1 atom stereocenters. The van der Waals surface area contributed by atoms with Gasteiger partial charge in [-0.15, -0.1) is 0 Å². The highest BCUT2D eigenvalue weighted by Gasteiger charge is 2.29. The summed E-state index contributed by atoms with van der Waals surface area (Å²) in [6.45, 7) is 5.11. The first kappa shape index (κ1) is 20.0. The molecule has 1 aromatic carbocycles. The number of piperidine rings is 1. The first-order valence-electron chi connectivity index (χ1n) is 11.2. The lowest BCUT2D eigenvalue weighted by atomic mass is 9.98. The van der Waals surface area contributed by atoms with Crippen LogP contribution in [0.15, 0.2) is 47.5 Å². The van der Waals surface area contributed by atoms with E-state index < -0.39 is 0 Å². The molecule has 31 heavy (non-hydrogen) atoms. The van der Waals surface area contributed by atoms with Crippen molar-refractivity contribution in [2.45, 2.75) is 45.3 Å². The Bertz CT molecular complexity index is 1090. The van der Waals surface area contributed by atoms with Gasteiger partial charge < -0.3 is 14.2 Å². The second kappa shape index (κ2) is 8.30. The Kier molecular flexibility index (Phi) is 5.36. The summed E-state index contributed by atoms with van der Waals surface area (Å²) >= 11 is 0. The molecule has 7 heteroatoms. The lowest BCUT2D eigenvalue weighted by Crippen LogP contribution is -2.38. The first-order chi connectivity index (χ1) is 15.1. The molecule has 162 valence electrons. The van der Waals surface area contributed by atoms with Gasteiger partial charge in [0.1, 0.15) is 5.69 Å². The second-order valence-corrected chi connectivity index (χ2v) is 8.79. The van der Waals surface area contributed by atoms with E-state index in [1.807, 2.05) is 52.2 Å². The van der Waals surface area contributed by atoms with Crippen molar-refractivity contribution in [2.24, 2.45) is 5.92 Å². The monoisotopic (exact) mass is 420 g/mol. The van der Waals surface area contributed by atoms with Crippen molar-refractivity contribution < 1.29 is 9.53 Å². The van der Waals surface area contributed by atoms with Gasteiger partial charge in [-0.05, 0) is 43.7 Å². The number of amides is 1.